The summed E-state index contributed by atoms with van der Waals surface area (Å²) in [6.45, 7) is 12.5. The lowest BCUT2D eigenvalue weighted by Gasteiger charge is -2.29. The highest BCUT2D eigenvalue weighted by Crippen LogP contribution is 2.07. The largest absolute Gasteiger partial charge is 0.314 e. The summed E-state index contributed by atoms with van der Waals surface area (Å²) in [5.41, 5.74) is 2.79. The molecule has 0 spiro atoms. The lowest BCUT2D eigenvalue weighted by Crippen LogP contribution is -2.46. The van der Waals surface area contributed by atoms with Crippen molar-refractivity contribution in [1.29, 1.82) is 0 Å². The molecule has 1 atom stereocenters. The summed E-state index contributed by atoms with van der Waals surface area (Å²) >= 11 is 0. The Morgan fingerprint density at radius 1 is 1.26 bits per heavy atom. The minimum atomic E-state index is 0.710. The summed E-state index contributed by atoms with van der Waals surface area (Å²) in [5, 5.41) is 6.99. The monoisotopic (exact) mass is 261 g/mol. The first-order valence-electron chi connectivity index (χ1n) is 7.44. The lowest BCUT2D eigenvalue weighted by atomic mass is 10.1. The highest BCUT2D eigenvalue weighted by molar-refractivity contribution is 5.25. The summed E-state index contributed by atoms with van der Waals surface area (Å²) < 4.78 is 0. The van der Waals surface area contributed by atoms with Crippen LogP contribution < -0.4 is 10.6 Å². The van der Waals surface area contributed by atoms with Crippen LogP contribution >= 0.6 is 0 Å². The number of aryl methyl sites for hydroxylation is 1. The van der Waals surface area contributed by atoms with Crippen molar-refractivity contribution in [3.8, 4) is 0 Å². The highest BCUT2D eigenvalue weighted by Gasteiger charge is 2.12. The quantitative estimate of drug-likeness (QED) is 0.815. The SMILES string of the molecule is Cc1ccccc1CNCC(C)CN1CCNCC1. The highest BCUT2D eigenvalue weighted by atomic mass is 15.2. The molecule has 19 heavy (non-hydrogen) atoms. The molecular weight excluding hydrogens is 234 g/mol. The van der Waals surface area contributed by atoms with E-state index in [1.807, 2.05) is 0 Å². The van der Waals surface area contributed by atoms with Crippen LogP contribution in [-0.4, -0.2) is 44.2 Å². The second-order valence-corrected chi connectivity index (χ2v) is 5.71. The van der Waals surface area contributed by atoms with Gasteiger partial charge in [0, 0.05) is 39.3 Å². The van der Waals surface area contributed by atoms with E-state index in [4.69, 9.17) is 0 Å². The first-order chi connectivity index (χ1) is 9.25. The van der Waals surface area contributed by atoms with Crippen molar-refractivity contribution in [1.82, 2.24) is 15.5 Å². The molecule has 0 aliphatic carbocycles. The van der Waals surface area contributed by atoms with Crippen molar-refractivity contribution in [2.24, 2.45) is 5.92 Å². The van der Waals surface area contributed by atoms with Crippen molar-refractivity contribution in [3.05, 3.63) is 35.4 Å². The normalized spacial score (nSPS) is 18.4. The average Bonchev–Trinajstić information content (AvgIpc) is 2.42. The Balaban J connectivity index is 1.66. The third kappa shape index (κ3) is 4.94. The summed E-state index contributed by atoms with van der Waals surface area (Å²) in [4.78, 5) is 2.57. The van der Waals surface area contributed by atoms with Crippen LogP contribution in [-0.2, 0) is 6.54 Å². The molecule has 1 saturated heterocycles. The molecule has 3 nitrogen and oxygen atoms in total. The topological polar surface area (TPSA) is 27.3 Å². The van der Waals surface area contributed by atoms with Gasteiger partial charge in [-0.2, -0.15) is 0 Å². The lowest BCUT2D eigenvalue weighted by molar-refractivity contribution is 0.209. The first-order valence-corrected chi connectivity index (χ1v) is 7.44. The van der Waals surface area contributed by atoms with Crippen LogP contribution in [0.15, 0.2) is 24.3 Å². The molecule has 1 aromatic carbocycles. The van der Waals surface area contributed by atoms with Crippen molar-refractivity contribution in [2.45, 2.75) is 20.4 Å². The van der Waals surface area contributed by atoms with E-state index in [0.717, 1.165) is 26.2 Å². The average molecular weight is 261 g/mol. The zero-order valence-corrected chi connectivity index (χ0v) is 12.3. The zero-order chi connectivity index (χ0) is 13.5. The van der Waals surface area contributed by atoms with Gasteiger partial charge in [0.05, 0.1) is 0 Å². The number of benzene rings is 1. The van der Waals surface area contributed by atoms with Crippen molar-refractivity contribution < 1.29 is 0 Å². The second-order valence-electron chi connectivity index (χ2n) is 5.71. The standard InChI is InChI=1S/C16H27N3/c1-14(13-19-9-7-17-8-10-19)11-18-12-16-6-4-3-5-15(16)2/h3-6,14,17-18H,7-13H2,1-2H3. The summed E-state index contributed by atoms with van der Waals surface area (Å²) in [6.07, 6.45) is 0. The fourth-order valence-corrected chi connectivity index (χ4v) is 2.66. The van der Waals surface area contributed by atoms with Crippen LogP contribution in [0.1, 0.15) is 18.1 Å². The Morgan fingerprint density at radius 2 is 2.00 bits per heavy atom. The number of rotatable bonds is 6. The van der Waals surface area contributed by atoms with Crippen LogP contribution in [0.25, 0.3) is 0 Å². The van der Waals surface area contributed by atoms with Gasteiger partial charge in [-0.3, -0.25) is 0 Å². The van der Waals surface area contributed by atoms with Gasteiger partial charge in [-0.25, -0.2) is 0 Å². The number of nitrogens with one attached hydrogen (secondary N) is 2. The van der Waals surface area contributed by atoms with Gasteiger partial charge in [-0.15, -0.1) is 0 Å². The van der Waals surface area contributed by atoms with E-state index < -0.39 is 0 Å². The van der Waals surface area contributed by atoms with E-state index in [1.54, 1.807) is 0 Å². The summed E-state index contributed by atoms with van der Waals surface area (Å²) in [7, 11) is 0. The molecule has 1 unspecified atom stereocenters. The van der Waals surface area contributed by atoms with Crippen molar-refractivity contribution in [3.63, 3.8) is 0 Å². The molecule has 1 heterocycles. The van der Waals surface area contributed by atoms with Gasteiger partial charge in [0.25, 0.3) is 0 Å². The molecule has 2 N–H and O–H groups in total. The van der Waals surface area contributed by atoms with Crippen LogP contribution in [0.2, 0.25) is 0 Å². The van der Waals surface area contributed by atoms with Gasteiger partial charge in [0.2, 0.25) is 0 Å². The maximum Gasteiger partial charge on any atom is 0.0208 e. The Kier molecular flexibility index (Phi) is 5.83. The number of hydrogen-bond donors (Lipinski definition) is 2. The van der Waals surface area contributed by atoms with Crippen LogP contribution in [0, 0.1) is 12.8 Å². The molecule has 1 aliphatic rings. The molecule has 2 rings (SSSR count). The summed E-state index contributed by atoms with van der Waals surface area (Å²) in [6, 6.07) is 8.62. The van der Waals surface area contributed by atoms with Crippen LogP contribution in [0.5, 0.6) is 0 Å². The maximum atomic E-state index is 3.59. The van der Waals surface area contributed by atoms with E-state index in [9.17, 15) is 0 Å². The van der Waals surface area contributed by atoms with Gasteiger partial charge >= 0.3 is 0 Å². The van der Waals surface area contributed by atoms with E-state index >= 15 is 0 Å². The van der Waals surface area contributed by atoms with Crippen LogP contribution in [0.4, 0.5) is 0 Å². The van der Waals surface area contributed by atoms with Gasteiger partial charge in [0.1, 0.15) is 0 Å². The molecule has 106 valence electrons. The van der Waals surface area contributed by atoms with Gasteiger partial charge in [0.15, 0.2) is 0 Å². The van der Waals surface area contributed by atoms with Gasteiger partial charge in [-0.1, -0.05) is 31.2 Å². The zero-order valence-electron chi connectivity index (χ0n) is 12.3. The molecule has 0 bridgehead atoms. The smallest absolute Gasteiger partial charge is 0.0208 e. The Morgan fingerprint density at radius 3 is 2.74 bits per heavy atom. The van der Waals surface area contributed by atoms with Crippen molar-refractivity contribution in [2.75, 3.05) is 39.3 Å². The van der Waals surface area contributed by atoms with E-state index in [2.05, 4.69) is 53.6 Å². The molecule has 1 aliphatic heterocycles. The predicted molar refractivity (Wildman–Crippen MR) is 81.4 cm³/mol. The molecular formula is C16H27N3. The third-order valence-corrected chi connectivity index (χ3v) is 3.85. The molecule has 3 heteroatoms. The second kappa shape index (κ2) is 7.63. The maximum absolute atomic E-state index is 3.59. The number of nitrogens with zero attached hydrogens (tertiary/aromatic N) is 1. The van der Waals surface area contributed by atoms with E-state index in [-0.39, 0.29) is 0 Å². The molecule has 1 aromatic rings. The number of piperazine rings is 1. The molecule has 0 radical (unpaired) electrons. The van der Waals surface area contributed by atoms with Crippen LogP contribution in [0.3, 0.4) is 0 Å². The fourth-order valence-electron chi connectivity index (χ4n) is 2.66. The molecule has 1 fully saturated rings. The minimum Gasteiger partial charge on any atom is -0.314 e. The summed E-state index contributed by atoms with van der Waals surface area (Å²) in [5.74, 6) is 0.710. The Bertz CT molecular complexity index is 372. The van der Waals surface area contributed by atoms with E-state index in [1.165, 1.54) is 30.8 Å². The Labute approximate surface area is 117 Å². The molecule has 0 aromatic heterocycles. The fraction of sp³-hybridized carbons (Fsp3) is 0.625. The molecule has 0 amide bonds. The van der Waals surface area contributed by atoms with Crippen molar-refractivity contribution >= 4 is 0 Å². The van der Waals surface area contributed by atoms with Gasteiger partial charge < -0.3 is 15.5 Å². The Hall–Kier alpha value is -0.900. The third-order valence-electron chi connectivity index (χ3n) is 3.85. The minimum absolute atomic E-state index is 0.710. The predicted octanol–water partition coefficient (Wildman–Crippen LogP) is 1.63. The first kappa shape index (κ1) is 14.5. The van der Waals surface area contributed by atoms with E-state index in [0.29, 0.717) is 5.92 Å². The van der Waals surface area contributed by atoms with Gasteiger partial charge in [-0.05, 0) is 30.5 Å². The number of hydrogen-bond acceptors (Lipinski definition) is 3. The molecule has 0 saturated carbocycles.